The molecular weight excluding hydrogens is 283 g/mol. The molecule has 6 heteroatoms. The number of fused-ring (bicyclic) bond motifs is 1. The summed E-state index contributed by atoms with van der Waals surface area (Å²) in [5, 5.41) is 0.751. The lowest BCUT2D eigenvalue weighted by molar-refractivity contribution is -0.121. The molecule has 0 bridgehead atoms. The van der Waals surface area contributed by atoms with Gasteiger partial charge in [0.25, 0.3) is 5.91 Å². The van der Waals surface area contributed by atoms with Crippen molar-refractivity contribution in [2.75, 3.05) is 7.05 Å². The number of amides is 1. The number of carbonyl (C=O) groups excluding carboxylic acids is 1. The average molecular weight is 292 g/mol. The van der Waals surface area contributed by atoms with Crippen LogP contribution in [0.3, 0.4) is 0 Å². The molecule has 19 heavy (non-hydrogen) atoms. The van der Waals surface area contributed by atoms with Crippen LogP contribution < -0.4 is 0 Å². The highest BCUT2D eigenvalue weighted by Gasteiger charge is 2.28. The number of aromatic nitrogens is 1. The molecule has 3 nitrogen and oxygen atoms in total. The minimum absolute atomic E-state index is 0.124. The number of hydrogen-bond donors (Lipinski definition) is 1. The maximum Gasteiger partial charge on any atom is 0.265 e. The second-order valence-electron chi connectivity index (χ2n) is 4.17. The van der Waals surface area contributed by atoms with Gasteiger partial charge in [-0.15, -0.1) is 0 Å². The van der Waals surface area contributed by atoms with Crippen LogP contribution in [0.5, 0.6) is 0 Å². The predicted molar refractivity (Wildman–Crippen MR) is 79.2 cm³/mol. The number of aromatic amines is 1. The van der Waals surface area contributed by atoms with E-state index in [1.54, 1.807) is 25.4 Å². The van der Waals surface area contributed by atoms with E-state index in [0.29, 0.717) is 9.23 Å². The van der Waals surface area contributed by atoms with Gasteiger partial charge in [-0.2, -0.15) is 0 Å². The zero-order valence-corrected chi connectivity index (χ0v) is 11.6. The Bertz CT molecular complexity index is 735. The van der Waals surface area contributed by atoms with Gasteiger partial charge in [-0.05, 0) is 24.3 Å². The standard InChI is InChI=1S/C13H9FN2OS2/c1-16-12(17)11(19-13(16)18)4-7-6-15-10-3-2-8(14)5-9(7)10/h2-6,15H,1H3. The fourth-order valence-electron chi connectivity index (χ4n) is 1.92. The van der Waals surface area contributed by atoms with Crippen molar-refractivity contribution in [3.05, 3.63) is 40.7 Å². The molecule has 0 saturated carbocycles. The zero-order valence-electron chi connectivity index (χ0n) is 9.94. The van der Waals surface area contributed by atoms with E-state index in [2.05, 4.69) is 4.98 Å². The van der Waals surface area contributed by atoms with Crippen LogP contribution in [0.1, 0.15) is 5.56 Å². The van der Waals surface area contributed by atoms with Crippen LogP contribution in [0.4, 0.5) is 4.39 Å². The van der Waals surface area contributed by atoms with Gasteiger partial charge < -0.3 is 4.98 Å². The molecule has 1 aliphatic heterocycles. The monoisotopic (exact) mass is 292 g/mol. The fraction of sp³-hybridized carbons (Fsp3) is 0.0769. The number of nitrogens with one attached hydrogen (secondary N) is 1. The fourth-order valence-corrected chi connectivity index (χ4v) is 3.09. The maximum absolute atomic E-state index is 13.3. The summed E-state index contributed by atoms with van der Waals surface area (Å²) in [6, 6.07) is 4.52. The Kier molecular flexibility index (Phi) is 2.91. The molecule has 1 N–H and O–H groups in total. The number of hydrogen-bond acceptors (Lipinski definition) is 3. The molecule has 2 heterocycles. The second kappa shape index (κ2) is 4.47. The third-order valence-corrected chi connectivity index (χ3v) is 4.43. The molecule has 1 amide bonds. The third kappa shape index (κ3) is 2.06. The lowest BCUT2D eigenvalue weighted by atomic mass is 10.1. The van der Waals surface area contributed by atoms with Gasteiger partial charge in [0.1, 0.15) is 10.1 Å². The summed E-state index contributed by atoms with van der Waals surface area (Å²) < 4.78 is 13.8. The van der Waals surface area contributed by atoms with Gasteiger partial charge in [-0.25, -0.2) is 4.39 Å². The molecule has 1 saturated heterocycles. The van der Waals surface area contributed by atoms with Crippen molar-refractivity contribution < 1.29 is 9.18 Å². The van der Waals surface area contributed by atoms with Crippen LogP contribution in [-0.4, -0.2) is 27.2 Å². The highest BCUT2D eigenvalue weighted by atomic mass is 32.2. The third-order valence-electron chi connectivity index (χ3n) is 2.95. The van der Waals surface area contributed by atoms with E-state index in [-0.39, 0.29) is 11.7 Å². The van der Waals surface area contributed by atoms with E-state index < -0.39 is 0 Å². The van der Waals surface area contributed by atoms with Crippen molar-refractivity contribution in [2.24, 2.45) is 0 Å². The Hall–Kier alpha value is -1.66. The summed E-state index contributed by atoms with van der Waals surface area (Å²) in [4.78, 5) is 16.9. The van der Waals surface area contributed by atoms with Crippen LogP contribution in [0, 0.1) is 5.82 Å². The molecule has 96 valence electrons. The van der Waals surface area contributed by atoms with Gasteiger partial charge in [0, 0.05) is 29.7 Å². The Morgan fingerprint density at radius 1 is 1.47 bits per heavy atom. The van der Waals surface area contributed by atoms with Crippen LogP contribution in [0.2, 0.25) is 0 Å². The van der Waals surface area contributed by atoms with Gasteiger partial charge in [0.05, 0.1) is 4.91 Å². The molecule has 0 radical (unpaired) electrons. The molecule has 0 spiro atoms. The summed E-state index contributed by atoms with van der Waals surface area (Å²) in [6.07, 6.45) is 3.49. The first-order chi connectivity index (χ1) is 9.06. The van der Waals surface area contributed by atoms with Crippen molar-refractivity contribution in [2.45, 2.75) is 0 Å². The van der Waals surface area contributed by atoms with Crippen molar-refractivity contribution in [3.63, 3.8) is 0 Å². The number of likely N-dealkylation sites (N-methyl/N-ethyl adjacent to an activating group) is 1. The molecule has 2 aromatic rings. The van der Waals surface area contributed by atoms with E-state index in [4.69, 9.17) is 12.2 Å². The number of H-pyrrole nitrogens is 1. The van der Waals surface area contributed by atoms with Crippen LogP contribution in [-0.2, 0) is 4.79 Å². The summed E-state index contributed by atoms with van der Waals surface area (Å²) in [6.45, 7) is 0. The minimum Gasteiger partial charge on any atom is -0.361 e. The van der Waals surface area contributed by atoms with Gasteiger partial charge in [0.2, 0.25) is 0 Å². The first-order valence-corrected chi connectivity index (χ1v) is 6.77. The molecule has 1 aromatic heterocycles. The van der Waals surface area contributed by atoms with Crippen LogP contribution in [0.25, 0.3) is 17.0 Å². The van der Waals surface area contributed by atoms with E-state index >= 15 is 0 Å². The number of halogens is 1. The predicted octanol–water partition coefficient (Wildman–Crippen LogP) is 3.14. The number of thiocarbonyl (C=S) groups is 1. The second-order valence-corrected chi connectivity index (χ2v) is 5.85. The Labute approximate surface area is 118 Å². The number of carbonyl (C=O) groups is 1. The van der Waals surface area contributed by atoms with Crippen molar-refractivity contribution in [1.29, 1.82) is 0 Å². The van der Waals surface area contributed by atoms with Crippen molar-refractivity contribution in [1.82, 2.24) is 9.88 Å². The topological polar surface area (TPSA) is 36.1 Å². The van der Waals surface area contributed by atoms with Crippen LogP contribution >= 0.6 is 24.0 Å². The molecular formula is C13H9FN2OS2. The molecule has 0 unspecified atom stereocenters. The van der Waals surface area contributed by atoms with Gasteiger partial charge in [0.15, 0.2) is 0 Å². The summed E-state index contributed by atoms with van der Waals surface area (Å²) in [5.41, 5.74) is 1.61. The van der Waals surface area contributed by atoms with Gasteiger partial charge >= 0.3 is 0 Å². The normalized spacial score (nSPS) is 18.0. The molecule has 1 aliphatic rings. The Balaban J connectivity index is 2.09. The summed E-state index contributed by atoms with van der Waals surface area (Å²) in [7, 11) is 1.65. The first-order valence-electron chi connectivity index (χ1n) is 5.54. The lowest BCUT2D eigenvalue weighted by Gasteiger charge is -2.03. The minimum atomic E-state index is -0.301. The molecule has 3 rings (SSSR count). The van der Waals surface area contributed by atoms with Crippen molar-refractivity contribution >= 4 is 51.2 Å². The molecule has 0 aliphatic carbocycles. The van der Waals surface area contributed by atoms with Crippen molar-refractivity contribution in [3.8, 4) is 0 Å². The average Bonchev–Trinajstić information content (AvgIpc) is 2.88. The van der Waals surface area contributed by atoms with E-state index in [1.807, 2.05) is 0 Å². The number of rotatable bonds is 1. The van der Waals surface area contributed by atoms with Gasteiger partial charge in [-0.1, -0.05) is 24.0 Å². The van der Waals surface area contributed by atoms with E-state index in [1.165, 1.54) is 28.8 Å². The lowest BCUT2D eigenvalue weighted by Crippen LogP contribution is -2.22. The molecule has 1 aromatic carbocycles. The summed E-state index contributed by atoms with van der Waals surface area (Å²) in [5.74, 6) is -0.425. The molecule has 0 atom stereocenters. The number of thioether (sulfide) groups is 1. The zero-order chi connectivity index (χ0) is 13.6. The summed E-state index contributed by atoms with van der Waals surface area (Å²) >= 11 is 6.32. The van der Waals surface area contributed by atoms with E-state index in [9.17, 15) is 9.18 Å². The molecule has 1 fully saturated rings. The highest BCUT2D eigenvalue weighted by molar-refractivity contribution is 8.26. The van der Waals surface area contributed by atoms with Gasteiger partial charge in [-0.3, -0.25) is 9.69 Å². The van der Waals surface area contributed by atoms with E-state index in [0.717, 1.165) is 16.5 Å². The maximum atomic E-state index is 13.3. The smallest absolute Gasteiger partial charge is 0.265 e. The largest absolute Gasteiger partial charge is 0.361 e. The number of benzene rings is 1. The first kappa shape index (κ1) is 12.4. The SMILES string of the molecule is CN1C(=O)C(=Cc2c[nH]c3ccc(F)cc23)SC1=S. The Morgan fingerprint density at radius 2 is 2.26 bits per heavy atom. The highest BCUT2D eigenvalue weighted by Crippen LogP contribution is 2.32. The van der Waals surface area contributed by atoms with Crippen LogP contribution in [0.15, 0.2) is 29.3 Å². The Morgan fingerprint density at radius 3 is 2.95 bits per heavy atom. The number of nitrogens with zero attached hydrogens (tertiary/aromatic N) is 1. The quantitative estimate of drug-likeness (QED) is 0.648.